The Morgan fingerprint density at radius 1 is 0.971 bits per heavy atom. The molecular formula is C26H32N2O7. The van der Waals surface area contributed by atoms with Crippen LogP contribution in [-0.2, 0) is 17.8 Å². The third kappa shape index (κ3) is 5.66. The lowest BCUT2D eigenvalue weighted by molar-refractivity contribution is -0.278. The largest absolute Gasteiger partial charge is 0.489 e. The number of benzene rings is 2. The zero-order valence-electron chi connectivity index (χ0n) is 19.7. The highest BCUT2D eigenvalue weighted by molar-refractivity contribution is 5.43. The maximum Gasteiger partial charge on any atom is 0.238 e. The van der Waals surface area contributed by atoms with Gasteiger partial charge in [-0.2, -0.15) is 0 Å². The molecule has 9 heteroatoms. The number of aromatic nitrogens is 2. The second kappa shape index (κ2) is 11.2. The van der Waals surface area contributed by atoms with Crippen molar-refractivity contribution >= 4 is 0 Å². The van der Waals surface area contributed by atoms with E-state index in [0.29, 0.717) is 13.0 Å². The number of rotatable bonds is 9. The van der Waals surface area contributed by atoms with Crippen LogP contribution in [0.25, 0.3) is 0 Å². The Balaban J connectivity index is 1.57. The first-order valence-electron chi connectivity index (χ1n) is 11.7. The van der Waals surface area contributed by atoms with E-state index >= 15 is 0 Å². The molecule has 0 unspecified atom stereocenters. The lowest BCUT2D eigenvalue weighted by Gasteiger charge is -2.39. The van der Waals surface area contributed by atoms with Gasteiger partial charge in [-0.25, -0.2) is 0 Å². The highest BCUT2D eigenvalue weighted by Crippen LogP contribution is 2.33. The summed E-state index contributed by atoms with van der Waals surface area (Å²) in [7, 11) is 0. The second-order valence-corrected chi connectivity index (χ2v) is 8.95. The molecule has 5 N–H and O–H groups in total. The van der Waals surface area contributed by atoms with E-state index in [-0.39, 0.29) is 11.8 Å². The van der Waals surface area contributed by atoms with Crippen LogP contribution < -0.4 is 9.47 Å². The molecule has 5 atom stereocenters. The smallest absolute Gasteiger partial charge is 0.238 e. The van der Waals surface area contributed by atoms with E-state index in [0.717, 1.165) is 28.1 Å². The van der Waals surface area contributed by atoms with Crippen molar-refractivity contribution in [2.45, 2.75) is 63.5 Å². The Labute approximate surface area is 203 Å². The fourth-order valence-corrected chi connectivity index (χ4v) is 4.10. The maximum absolute atomic E-state index is 10.4. The number of aromatic amines is 1. The van der Waals surface area contributed by atoms with Crippen LogP contribution in [0.2, 0.25) is 0 Å². The minimum absolute atomic E-state index is 0.0991. The average Bonchev–Trinajstić information content (AvgIpc) is 3.26. The summed E-state index contributed by atoms with van der Waals surface area (Å²) in [6, 6.07) is 17.6. The summed E-state index contributed by atoms with van der Waals surface area (Å²) >= 11 is 0. The number of nitrogens with one attached hydrogen (secondary N) is 1. The zero-order chi connectivity index (χ0) is 24.9. The summed E-state index contributed by atoms with van der Waals surface area (Å²) in [5.74, 6) is 1.03. The van der Waals surface area contributed by atoms with Crippen molar-refractivity contribution in [1.82, 2.24) is 10.2 Å². The van der Waals surface area contributed by atoms with Gasteiger partial charge in [0.15, 0.2) is 0 Å². The van der Waals surface area contributed by atoms with Gasteiger partial charge in [-0.3, -0.25) is 5.10 Å². The zero-order valence-corrected chi connectivity index (χ0v) is 19.7. The first-order chi connectivity index (χ1) is 16.9. The van der Waals surface area contributed by atoms with Crippen molar-refractivity contribution in [1.29, 1.82) is 0 Å². The van der Waals surface area contributed by atoms with Crippen molar-refractivity contribution < 1.29 is 34.6 Å². The number of nitrogens with zero attached hydrogens (tertiary/aromatic N) is 1. The number of para-hydroxylation sites is 1. The van der Waals surface area contributed by atoms with Crippen LogP contribution in [-0.4, -0.2) is 67.9 Å². The molecule has 0 amide bonds. The minimum Gasteiger partial charge on any atom is -0.489 e. The molecule has 4 rings (SSSR count). The molecule has 9 nitrogen and oxygen atoms in total. The molecule has 1 fully saturated rings. The molecule has 2 heterocycles. The molecule has 0 spiro atoms. The summed E-state index contributed by atoms with van der Waals surface area (Å²) in [5.41, 5.74) is 3.58. The predicted octanol–water partition coefficient (Wildman–Crippen LogP) is 1.88. The molecule has 0 saturated carbocycles. The van der Waals surface area contributed by atoms with Gasteiger partial charge >= 0.3 is 0 Å². The van der Waals surface area contributed by atoms with Crippen LogP contribution in [0.4, 0.5) is 0 Å². The van der Waals surface area contributed by atoms with E-state index in [1.165, 1.54) is 0 Å². The predicted molar refractivity (Wildman–Crippen MR) is 127 cm³/mol. The maximum atomic E-state index is 10.4. The van der Waals surface area contributed by atoms with Crippen LogP contribution in [0.5, 0.6) is 11.6 Å². The lowest BCUT2D eigenvalue weighted by Crippen LogP contribution is -2.60. The quantitative estimate of drug-likeness (QED) is 0.311. The van der Waals surface area contributed by atoms with E-state index in [2.05, 4.69) is 10.2 Å². The van der Waals surface area contributed by atoms with Crippen molar-refractivity contribution in [3.63, 3.8) is 0 Å². The summed E-state index contributed by atoms with van der Waals surface area (Å²) in [4.78, 5) is 0. The van der Waals surface area contributed by atoms with Crippen molar-refractivity contribution in [2.24, 2.45) is 0 Å². The number of H-pyrrole nitrogens is 1. The van der Waals surface area contributed by atoms with Crippen LogP contribution in [0.15, 0.2) is 54.6 Å². The Bertz CT molecular complexity index is 1090. The molecule has 1 saturated heterocycles. The van der Waals surface area contributed by atoms with E-state index in [4.69, 9.17) is 14.2 Å². The van der Waals surface area contributed by atoms with Gasteiger partial charge in [-0.05, 0) is 23.1 Å². The Hall–Kier alpha value is -2.95. The number of ether oxygens (including phenoxy) is 3. The molecule has 0 radical (unpaired) electrons. The van der Waals surface area contributed by atoms with E-state index in [9.17, 15) is 20.4 Å². The van der Waals surface area contributed by atoms with Crippen molar-refractivity contribution in [3.05, 3.63) is 77.0 Å². The molecule has 0 aliphatic carbocycles. The average molecular weight is 485 g/mol. The van der Waals surface area contributed by atoms with Crippen LogP contribution in [0.1, 0.15) is 42.1 Å². The Morgan fingerprint density at radius 3 is 2.40 bits per heavy atom. The molecule has 1 aliphatic heterocycles. The van der Waals surface area contributed by atoms with Gasteiger partial charge in [0.1, 0.15) is 36.8 Å². The highest BCUT2D eigenvalue weighted by Gasteiger charge is 2.45. The summed E-state index contributed by atoms with van der Waals surface area (Å²) in [6.45, 7) is 3.93. The first kappa shape index (κ1) is 25.2. The summed E-state index contributed by atoms with van der Waals surface area (Å²) in [5, 5.41) is 47.3. The Morgan fingerprint density at radius 2 is 1.69 bits per heavy atom. The fourth-order valence-electron chi connectivity index (χ4n) is 4.10. The third-order valence-electron chi connectivity index (χ3n) is 6.09. The first-order valence-corrected chi connectivity index (χ1v) is 11.7. The minimum atomic E-state index is -1.54. The van der Waals surface area contributed by atoms with Gasteiger partial charge in [0.2, 0.25) is 12.2 Å². The van der Waals surface area contributed by atoms with Crippen LogP contribution in [0, 0.1) is 0 Å². The topological polar surface area (TPSA) is 137 Å². The van der Waals surface area contributed by atoms with Gasteiger partial charge in [0.25, 0.3) is 0 Å². The molecule has 2 aromatic carbocycles. The van der Waals surface area contributed by atoms with Crippen LogP contribution in [0.3, 0.4) is 0 Å². The van der Waals surface area contributed by atoms with E-state index in [1.807, 2.05) is 68.4 Å². The number of aliphatic hydroxyl groups excluding tert-OH is 4. The normalized spacial score (nSPS) is 24.5. The number of hydrogen-bond acceptors (Lipinski definition) is 8. The second-order valence-electron chi connectivity index (χ2n) is 8.95. The van der Waals surface area contributed by atoms with Crippen molar-refractivity contribution in [3.8, 4) is 11.6 Å². The van der Waals surface area contributed by atoms with E-state index in [1.54, 1.807) is 0 Å². The number of hydrogen-bond donors (Lipinski definition) is 5. The van der Waals surface area contributed by atoms with Gasteiger partial charge < -0.3 is 34.6 Å². The van der Waals surface area contributed by atoms with Gasteiger partial charge in [-0.15, -0.1) is 5.10 Å². The molecule has 188 valence electrons. The standard InChI is InChI=1S/C26H32N2O7/c1-15(2)21-18(12-17-10-6-7-11-19(17)33-14-16-8-4-3-5-9-16)25(28-27-21)35-26-24(32)23(31)22(30)20(13-29)34-26/h3-11,15,20,22-24,26,29-32H,12-14H2,1-2H3,(H,27,28)/t20-,22-,23+,24-,26+/m1/s1. The SMILES string of the molecule is CC(C)c1[nH]nc(O[C@@H]2O[C@H](CO)[C@@H](O)[C@H](O)[C@H]2O)c1Cc1ccccc1OCc1ccccc1. The lowest BCUT2D eigenvalue weighted by atomic mass is 9.98. The monoisotopic (exact) mass is 484 g/mol. The molecule has 0 bridgehead atoms. The molecule has 1 aliphatic rings. The molecule has 35 heavy (non-hydrogen) atoms. The third-order valence-corrected chi connectivity index (χ3v) is 6.09. The van der Waals surface area contributed by atoms with Crippen molar-refractivity contribution in [2.75, 3.05) is 6.61 Å². The molecule has 1 aromatic heterocycles. The summed E-state index contributed by atoms with van der Waals surface area (Å²) < 4.78 is 17.5. The van der Waals surface area contributed by atoms with Crippen LogP contribution >= 0.6 is 0 Å². The Kier molecular flexibility index (Phi) is 8.04. The summed E-state index contributed by atoms with van der Waals surface area (Å²) in [6.07, 6.45) is -6.49. The van der Waals surface area contributed by atoms with E-state index < -0.39 is 37.3 Å². The number of aliphatic hydroxyl groups is 4. The fraction of sp³-hybridized carbons (Fsp3) is 0.423. The van der Waals surface area contributed by atoms with Gasteiger partial charge in [-0.1, -0.05) is 62.4 Å². The van der Waals surface area contributed by atoms with Gasteiger partial charge in [0, 0.05) is 17.7 Å². The molecule has 3 aromatic rings. The van der Waals surface area contributed by atoms with Gasteiger partial charge in [0.05, 0.1) is 6.61 Å². The molecular weight excluding hydrogens is 452 g/mol. The highest BCUT2D eigenvalue weighted by atomic mass is 16.7.